The first-order chi connectivity index (χ1) is 10.2. The van der Waals surface area contributed by atoms with Gasteiger partial charge in [0.2, 0.25) is 0 Å². The van der Waals surface area contributed by atoms with E-state index < -0.39 is 0 Å². The predicted octanol–water partition coefficient (Wildman–Crippen LogP) is 3.38. The van der Waals surface area contributed by atoms with Crippen molar-refractivity contribution in [2.45, 2.75) is 10.6 Å². The second-order valence-electron chi connectivity index (χ2n) is 4.75. The van der Waals surface area contributed by atoms with Gasteiger partial charge in [0.1, 0.15) is 11.4 Å². The molecule has 4 nitrogen and oxygen atoms in total. The molecule has 5 heteroatoms. The van der Waals surface area contributed by atoms with Gasteiger partial charge in [0.05, 0.1) is 0 Å². The van der Waals surface area contributed by atoms with Crippen LogP contribution in [0.1, 0.15) is 16.2 Å². The van der Waals surface area contributed by atoms with Gasteiger partial charge in [0, 0.05) is 28.8 Å². The number of phenolic OH excluding ortho intramolecular Hbond substituents is 1. The molecule has 0 saturated carbocycles. The number of carbonyl (C=O) groups is 1. The fourth-order valence-electron chi connectivity index (χ4n) is 2.23. The first-order valence-corrected chi connectivity index (χ1v) is 7.48. The van der Waals surface area contributed by atoms with Gasteiger partial charge in [-0.15, -0.1) is 11.8 Å². The zero-order valence-electron chi connectivity index (χ0n) is 11.5. The number of aldehydes is 1. The second kappa shape index (κ2) is 5.61. The van der Waals surface area contributed by atoms with E-state index in [9.17, 15) is 9.90 Å². The lowest BCUT2D eigenvalue weighted by molar-refractivity contribution is 0.111. The van der Waals surface area contributed by atoms with Crippen molar-refractivity contribution in [3.63, 3.8) is 0 Å². The van der Waals surface area contributed by atoms with E-state index in [1.54, 1.807) is 28.6 Å². The van der Waals surface area contributed by atoms with Gasteiger partial charge in [0.25, 0.3) is 0 Å². The van der Waals surface area contributed by atoms with E-state index in [-0.39, 0.29) is 5.75 Å². The Bertz CT molecular complexity index is 811. The number of aromatic hydroxyl groups is 1. The van der Waals surface area contributed by atoms with Crippen LogP contribution in [0.15, 0.2) is 47.4 Å². The van der Waals surface area contributed by atoms with Gasteiger partial charge in [-0.3, -0.25) is 9.48 Å². The molecule has 0 aliphatic heterocycles. The Balaban J connectivity index is 1.84. The summed E-state index contributed by atoms with van der Waals surface area (Å²) in [7, 11) is 1.82. The van der Waals surface area contributed by atoms with Crippen molar-refractivity contribution >= 4 is 28.8 Å². The summed E-state index contributed by atoms with van der Waals surface area (Å²) in [6, 6.07) is 13.3. The number of fused-ring (bicyclic) bond motifs is 1. The third kappa shape index (κ3) is 2.78. The van der Waals surface area contributed by atoms with Crippen LogP contribution >= 0.6 is 11.8 Å². The SMILES string of the molecule is Cn1nc(C=O)cc1CSc1cc(O)c2ccccc2c1. The molecule has 0 saturated heterocycles. The van der Waals surface area contributed by atoms with Gasteiger partial charge in [-0.05, 0) is 23.6 Å². The van der Waals surface area contributed by atoms with E-state index in [1.807, 2.05) is 31.3 Å². The number of nitrogens with zero attached hydrogens (tertiary/aromatic N) is 2. The minimum Gasteiger partial charge on any atom is -0.507 e. The van der Waals surface area contributed by atoms with Crippen LogP contribution in [0.4, 0.5) is 0 Å². The highest BCUT2D eigenvalue weighted by molar-refractivity contribution is 7.98. The summed E-state index contributed by atoms with van der Waals surface area (Å²) in [6.07, 6.45) is 0.746. The summed E-state index contributed by atoms with van der Waals surface area (Å²) in [5.74, 6) is 0.976. The average Bonchev–Trinajstić information content (AvgIpc) is 2.86. The summed E-state index contributed by atoms with van der Waals surface area (Å²) in [5, 5.41) is 16.0. The quantitative estimate of drug-likeness (QED) is 0.592. The van der Waals surface area contributed by atoms with Gasteiger partial charge >= 0.3 is 0 Å². The van der Waals surface area contributed by atoms with Crippen molar-refractivity contribution in [2.75, 3.05) is 0 Å². The van der Waals surface area contributed by atoms with E-state index in [2.05, 4.69) is 11.2 Å². The molecule has 0 aliphatic rings. The summed E-state index contributed by atoms with van der Waals surface area (Å²) >= 11 is 1.60. The lowest BCUT2D eigenvalue weighted by Gasteiger charge is -2.06. The molecule has 0 amide bonds. The highest BCUT2D eigenvalue weighted by Gasteiger charge is 2.07. The van der Waals surface area contributed by atoms with Crippen LogP contribution in [-0.4, -0.2) is 21.2 Å². The Kier molecular flexibility index (Phi) is 3.66. The number of thioether (sulfide) groups is 1. The number of hydrogen-bond donors (Lipinski definition) is 1. The Morgan fingerprint density at radius 2 is 2.10 bits per heavy atom. The number of aromatic nitrogens is 2. The highest BCUT2D eigenvalue weighted by atomic mass is 32.2. The van der Waals surface area contributed by atoms with Crippen molar-refractivity contribution in [3.8, 4) is 5.75 Å². The van der Waals surface area contributed by atoms with E-state index >= 15 is 0 Å². The lowest BCUT2D eigenvalue weighted by Crippen LogP contribution is -1.96. The van der Waals surface area contributed by atoms with E-state index in [0.29, 0.717) is 11.4 Å². The number of phenols is 1. The molecule has 0 bridgehead atoms. The fraction of sp³-hybridized carbons (Fsp3) is 0.125. The maximum absolute atomic E-state index is 10.7. The molecule has 1 heterocycles. The van der Waals surface area contributed by atoms with Crippen LogP contribution in [0.5, 0.6) is 5.75 Å². The van der Waals surface area contributed by atoms with E-state index in [1.165, 1.54) is 0 Å². The normalized spacial score (nSPS) is 10.9. The van der Waals surface area contributed by atoms with Gasteiger partial charge < -0.3 is 5.11 Å². The summed E-state index contributed by atoms with van der Waals surface area (Å²) in [5.41, 5.74) is 1.41. The van der Waals surface area contributed by atoms with E-state index in [4.69, 9.17) is 0 Å². The maximum Gasteiger partial charge on any atom is 0.170 e. The van der Waals surface area contributed by atoms with Crippen molar-refractivity contribution in [1.29, 1.82) is 0 Å². The number of benzene rings is 2. The molecule has 0 aliphatic carbocycles. The molecule has 0 spiro atoms. The van der Waals surface area contributed by atoms with Crippen molar-refractivity contribution in [1.82, 2.24) is 9.78 Å². The lowest BCUT2D eigenvalue weighted by atomic mass is 10.1. The predicted molar refractivity (Wildman–Crippen MR) is 83.8 cm³/mol. The van der Waals surface area contributed by atoms with Crippen LogP contribution in [0.2, 0.25) is 0 Å². The number of aryl methyl sites for hydroxylation is 1. The van der Waals surface area contributed by atoms with Crippen LogP contribution in [0, 0.1) is 0 Å². The Hall–Kier alpha value is -2.27. The molecule has 106 valence electrons. The van der Waals surface area contributed by atoms with Crippen molar-refractivity contribution in [3.05, 3.63) is 53.9 Å². The first-order valence-electron chi connectivity index (χ1n) is 6.50. The van der Waals surface area contributed by atoms with Crippen LogP contribution in [0.25, 0.3) is 10.8 Å². The maximum atomic E-state index is 10.7. The van der Waals surface area contributed by atoms with Gasteiger partial charge in [-0.25, -0.2) is 0 Å². The zero-order valence-corrected chi connectivity index (χ0v) is 12.3. The van der Waals surface area contributed by atoms with Crippen LogP contribution in [0.3, 0.4) is 0 Å². The van der Waals surface area contributed by atoms with Crippen molar-refractivity contribution < 1.29 is 9.90 Å². The summed E-state index contributed by atoms with van der Waals surface area (Å²) in [6.45, 7) is 0. The van der Waals surface area contributed by atoms with E-state index in [0.717, 1.165) is 27.6 Å². The molecule has 3 rings (SSSR count). The Morgan fingerprint density at radius 3 is 2.86 bits per heavy atom. The number of rotatable bonds is 4. The van der Waals surface area contributed by atoms with Crippen molar-refractivity contribution in [2.24, 2.45) is 7.05 Å². The van der Waals surface area contributed by atoms with Gasteiger partial charge in [-0.2, -0.15) is 5.10 Å². The number of carbonyl (C=O) groups excluding carboxylic acids is 1. The van der Waals surface area contributed by atoms with Gasteiger partial charge in [-0.1, -0.05) is 24.3 Å². The molecule has 2 aromatic carbocycles. The largest absolute Gasteiger partial charge is 0.507 e. The molecule has 1 aromatic heterocycles. The molecule has 0 atom stereocenters. The summed E-state index contributed by atoms with van der Waals surface area (Å²) in [4.78, 5) is 11.7. The van der Waals surface area contributed by atoms with Crippen LogP contribution < -0.4 is 0 Å². The first kappa shape index (κ1) is 13.7. The molecular weight excluding hydrogens is 284 g/mol. The average molecular weight is 298 g/mol. The Morgan fingerprint density at radius 1 is 1.29 bits per heavy atom. The molecule has 0 radical (unpaired) electrons. The van der Waals surface area contributed by atoms with Gasteiger partial charge in [0.15, 0.2) is 6.29 Å². The fourth-order valence-corrected chi connectivity index (χ4v) is 3.22. The molecule has 0 fully saturated rings. The monoisotopic (exact) mass is 298 g/mol. The minimum atomic E-state index is 0.286. The third-order valence-electron chi connectivity index (χ3n) is 3.32. The number of hydrogen-bond acceptors (Lipinski definition) is 4. The highest BCUT2D eigenvalue weighted by Crippen LogP contribution is 2.32. The second-order valence-corrected chi connectivity index (χ2v) is 5.80. The molecule has 0 unspecified atom stereocenters. The summed E-state index contributed by atoms with van der Waals surface area (Å²) < 4.78 is 1.71. The smallest absolute Gasteiger partial charge is 0.170 e. The molecule has 1 N–H and O–H groups in total. The Labute approximate surface area is 126 Å². The standard InChI is InChI=1S/C16H14N2O2S/c1-18-13(7-12(9-19)17-18)10-21-14-6-11-4-2-3-5-15(11)16(20)8-14/h2-9,20H,10H2,1H3. The molecule has 3 aromatic rings. The topological polar surface area (TPSA) is 55.1 Å². The zero-order chi connectivity index (χ0) is 14.8. The minimum absolute atomic E-state index is 0.286. The molecule has 21 heavy (non-hydrogen) atoms. The molecular formula is C16H14N2O2S. The van der Waals surface area contributed by atoms with Crippen LogP contribution in [-0.2, 0) is 12.8 Å². The third-order valence-corrected chi connectivity index (χ3v) is 4.33.